The summed E-state index contributed by atoms with van der Waals surface area (Å²) in [6.07, 6.45) is 1.56. The van der Waals surface area contributed by atoms with E-state index in [1.165, 1.54) is 12.1 Å². The number of piperidine rings is 2. The van der Waals surface area contributed by atoms with E-state index in [4.69, 9.17) is 19.3 Å². The van der Waals surface area contributed by atoms with Gasteiger partial charge in [0.05, 0.1) is 18.8 Å². The van der Waals surface area contributed by atoms with E-state index >= 15 is 0 Å². The fourth-order valence-electron chi connectivity index (χ4n) is 11.1. The summed E-state index contributed by atoms with van der Waals surface area (Å²) in [4.78, 5) is 27.3. The minimum atomic E-state index is -4.54. The molecule has 68 heavy (non-hydrogen) atoms. The largest absolute Gasteiger partial charge is 0.490 e. The maximum Gasteiger partial charge on any atom is 0.420 e. The van der Waals surface area contributed by atoms with E-state index in [0.717, 1.165) is 90.1 Å². The summed E-state index contributed by atoms with van der Waals surface area (Å²) in [5, 5.41) is 10.7. The maximum atomic E-state index is 14.5. The van der Waals surface area contributed by atoms with Crippen LogP contribution in [0.15, 0.2) is 60.7 Å². The van der Waals surface area contributed by atoms with Crippen molar-refractivity contribution in [2.45, 2.75) is 148 Å². The Labute approximate surface area is 396 Å². The van der Waals surface area contributed by atoms with Crippen LogP contribution in [0.4, 0.5) is 26.3 Å². The van der Waals surface area contributed by atoms with Crippen LogP contribution in [0.5, 0.6) is 11.5 Å². The minimum Gasteiger partial charge on any atom is -0.490 e. The Morgan fingerprint density at radius 1 is 0.603 bits per heavy atom. The lowest BCUT2D eigenvalue weighted by Gasteiger charge is -2.33. The highest BCUT2D eigenvalue weighted by molar-refractivity contribution is 5.92. The predicted octanol–water partition coefficient (Wildman–Crippen LogP) is 13.5. The van der Waals surface area contributed by atoms with Crippen molar-refractivity contribution in [3.63, 3.8) is 0 Å². The van der Waals surface area contributed by atoms with Crippen LogP contribution in [0, 0.1) is 23.7 Å². The predicted molar refractivity (Wildman–Crippen MR) is 252 cm³/mol. The lowest BCUT2D eigenvalue weighted by atomic mass is 9.89. The van der Waals surface area contributed by atoms with E-state index in [0.29, 0.717) is 72.9 Å². The topological polar surface area (TPSA) is 88.5 Å². The Bertz CT molecular complexity index is 2320. The second-order valence-electron chi connectivity index (χ2n) is 20.0. The molecule has 0 aromatic heterocycles. The molecule has 8 nitrogen and oxygen atoms in total. The highest BCUT2D eigenvalue weighted by Gasteiger charge is 2.40. The number of fused-ring (bicyclic) bond motifs is 2. The molecule has 4 aromatic carbocycles. The van der Waals surface area contributed by atoms with Gasteiger partial charge in [0.1, 0.15) is 22.6 Å². The van der Waals surface area contributed by atoms with Crippen LogP contribution >= 0.6 is 0 Å². The third kappa shape index (κ3) is 13.6. The SMILES string of the molecule is CC1CCC(Oc2ccc3cccc(CN4CCC[C@H](CC(=O)O)C4)c3c2C(F)(F)F)CC1.CCOC(=O)C[C@H]1CCCN(Cc2cccc3ccc(OC4CCC(C)CC4)c(C(F)(F)F)c23)C1. The number of hydrogen-bond donors (Lipinski definition) is 1. The van der Waals surface area contributed by atoms with Gasteiger partial charge in [0.15, 0.2) is 0 Å². The summed E-state index contributed by atoms with van der Waals surface area (Å²) in [5.74, 6) is 0.198. The Morgan fingerprint density at radius 2 is 1.03 bits per heavy atom. The third-order valence-corrected chi connectivity index (χ3v) is 14.5. The molecule has 2 saturated carbocycles. The van der Waals surface area contributed by atoms with E-state index < -0.39 is 29.4 Å². The van der Waals surface area contributed by atoms with Crippen LogP contribution in [0.25, 0.3) is 21.5 Å². The van der Waals surface area contributed by atoms with Gasteiger partial charge in [0, 0.05) is 49.8 Å². The van der Waals surface area contributed by atoms with E-state index in [2.05, 4.69) is 23.6 Å². The number of halogens is 6. The van der Waals surface area contributed by atoms with Gasteiger partial charge in [-0.05, 0) is 155 Å². The Balaban J connectivity index is 0.000000202. The number of carbonyl (C=O) groups excluding carboxylic acids is 1. The second kappa shape index (κ2) is 22.9. The summed E-state index contributed by atoms with van der Waals surface area (Å²) >= 11 is 0. The fraction of sp³-hybridized carbons (Fsp3) is 0.593. The van der Waals surface area contributed by atoms with Crippen molar-refractivity contribution in [1.82, 2.24) is 9.80 Å². The summed E-state index contributed by atoms with van der Waals surface area (Å²) in [7, 11) is 0. The molecule has 8 rings (SSSR count). The maximum absolute atomic E-state index is 14.5. The van der Waals surface area contributed by atoms with Crippen molar-refractivity contribution >= 4 is 33.5 Å². The molecule has 2 heterocycles. The van der Waals surface area contributed by atoms with Gasteiger partial charge in [0.25, 0.3) is 0 Å². The molecule has 2 saturated heterocycles. The van der Waals surface area contributed by atoms with Crippen LogP contribution in [-0.4, -0.2) is 71.8 Å². The number of hydrogen-bond acceptors (Lipinski definition) is 7. The van der Waals surface area contributed by atoms with Crippen LogP contribution in [0.3, 0.4) is 0 Å². The van der Waals surface area contributed by atoms with Crippen molar-refractivity contribution in [3.8, 4) is 11.5 Å². The number of nitrogens with zero attached hydrogens (tertiary/aromatic N) is 2. The highest BCUT2D eigenvalue weighted by atomic mass is 19.4. The first-order valence-electron chi connectivity index (χ1n) is 24.8. The van der Waals surface area contributed by atoms with Crippen LogP contribution in [-0.2, 0) is 39.8 Å². The Kier molecular flexibility index (Phi) is 17.3. The molecule has 2 atom stereocenters. The van der Waals surface area contributed by atoms with Gasteiger partial charge < -0.3 is 19.3 Å². The molecular weight excluding hydrogens is 887 g/mol. The molecule has 4 fully saturated rings. The van der Waals surface area contributed by atoms with E-state index in [9.17, 15) is 35.9 Å². The third-order valence-electron chi connectivity index (χ3n) is 14.5. The number of alkyl halides is 6. The van der Waals surface area contributed by atoms with Crippen molar-refractivity contribution in [1.29, 1.82) is 0 Å². The van der Waals surface area contributed by atoms with Crippen LogP contribution in [0.1, 0.15) is 133 Å². The van der Waals surface area contributed by atoms with Gasteiger partial charge in [-0.15, -0.1) is 0 Å². The van der Waals surface area contributed by atoms with Gasteiger partial charge >= 0.3 is 24.3 Å². The quantitative estimate of drug-likeness (QED) is 0.105. The molecule has 372 valence electrons. The molecule has 0 bridgehead atoms. The normalized spacial score (nSPS) is 24.2. The number of ether oxygens (including phenoxy) is 3. The van der Waals surface area contributed by atoms with Crippen molar-refractivity contribution in [3.05, 3.63) is 82.9 Å². The first-order valence-corrected chi connectivity index (χ1v) is 24.8. The lowest BCUT2D eigenvalue weighted by Crippen LogP contribution is -2.36. The first kappa shape index (κ1) is 51.3. The first-order chi connectivity index (χ1) is 32.4. The molecule has 14 heteroatoms. The number of esters is 1. The van der Waals surface area contributed by atoms with Gasteiger partial charge in [-0.25, -0.2) is 0 Å². The number of carboxylic acids is 1. The zero-order valence-electron chi connectivity index (χ0n) is 39.7. The zero-order valence-corrected chi connectivity index (χ0v) is 39.7. The Morgan fingerprint density at radius 3 is 1.43 bits per heavy atom. The van der Waals surface area contributed by atoms with Gasteiger partial charge in [-0.1, -0.05) is 62.4 Å². The smallest absolute Gasteiger partial charge is 0.420 e. The molecular formula is C54H68F6N2O6. The van der Waals surface area contributed by atoms with Crippen molar-refractivity contribution in [2.24, 2.45) is 23.7 Å². The number of likely N-dealkylation sites (tertiary alicyclic amines) is 2. The number of benzene rings is 4. The molecule has 0 spiro atoms. The van der Waals surface area contributed by atoms with E-state index in [1.54, 1.807) is 49.4 Å². The highest BCUT2D eigenvalue weighted by Crippen LogP contribution is 2.46. The van der Waals surface area contributed by atoms with E-state index in [-0.39, 0.29) is 58.7 Å². The van der Waals surface area contributed by atoms with E-state index in [1.807, 2.05) is 6.07 Å². The van der Waals surface area contributed by atoms with Gasteiger partial charge in [0.2, 0.25) is 0 Å². The molecule has 0 radical (unpaired) electrons. The number of rotatable bonds is 13. The molecule has 1 N–H and O–H groups in total. The van der Waals surface area contributed by atoms with Crippen molar-refractivity contribution in [2.75, 3.05) is 32.8 Å². The zero-order chi connectivity index (χ0) is 48.6. The minimum absolute atomic E-state index is 0.0286. The summed E-state index contributed by atoms with van der Waals surface area (Å²) < 4.78 is 104. The second-order valence-corrected chi connectivity index (χ2v) is 20.0. The number of aliphatic carboxylic acids is 1. The summed E-state index contributed by atoms with van der Waals surface area (Å²) in [6.45, 7) is 10.1. The molecule has 0 unspecified atom stereocenters. The fourth-order valence-corrected chi connectivity index (χ4v) is 11.1. The number of carbonyl (C=O) groups is 2. The average molecular weight is 955 g/mol. The summed E-state index contributed by atoms with van der Waals surface area (Å²) in [5.41, 5.74) is -0.0922. The van der Waals surface area contributed by atoms with Crippen LogP contribution < -0.4 is 9.47 Å². The molecule has 2 aliphatic carbocycles. The van der Waals surface area contributed by atoms with Gasteiger partial charge in [-0.2, -0.15) is 26.3 Å². The monoisotopic (exact) mass is 954 g/mol. The molecule has 4 aliphatic rings. The number of carboxylic acid groups (broad SMARTS) is 1. The Hall–Kier alpha value is -4.56. The standard InChI is InChI=1S/C28H36F3NO3.C26H32F3NO3/c1-3-34-25(33)16-20-6-5-15-32(17-20)18-22-8-4-7-21-11-14-24(27(26(21)22)28(29,30)31)35-23-12-9-19(2)10-13-23;1-17-7-10-21(11-8-17)33-22-12-9-19-5-2-6-20(24(19)25(22)26(27,28)29)16-30-13-3-4-18(15-30)14-23(31)32/h4,7-8,11,14,19-20,23H,3,5-6,9-10,12-13,15-18H2,1-2H3;2,5-6,9,12,17-18,21H,3-4,7-8,10-11,13-16H2,1H3,(H,31,32)/t19?,20-,23?;17?,18-,21?/m11/s1. The average Bonchev–Trinajstić information content (AvgIpc) is 3.28. The molecule has 0 amide bonds. The lowest BCUT2D eigenvalue weighted by molar-refractivity contribution is -0.145. The molecule has 2 aliphatic heterocycles. The van der Waals surface area contributed by atoms with Crippen LogP contribution in [0.2, 0.25) is 0 Å². The molecule has 4 aromatic rings. The van der Waals surface area contributed by atoms with Crippen molar-refractivity contribution < 1.29 is 55.2 Å². The summed E-state index contributed by atoms with van der Waals surface area (Å²) in [6, 6.07) is 17.0. The van der Waals surface area contributed by atoms with Gasteiger partial charge in [-0.3, -0.25) is 19.4 Å².